The van der Waals surface area contributed by atoms with Crippen molar-refractivity contribution in [3.05, 3.63) is 89.3 Å². The molecule has 200 valence electrons. The van der Waals surface area contributed by atoms with Crippen LogP contribution in [0.4, 0.5) is 13.2 Å². The number of hydrogen-bond acceptors (Lipinski definition) is 5. The van der Waals surface area contributed by atoms with Gasteiger partial charge in [0.2, 0.25) is 5.89 Å². The van der Waals surface area contributed by atoms with E-state index in [4.69, 9.17) is 9.15 Å². The number of aromatic nitrogens is 2. The van der Waals surface area contributed by atoms with Gasteiger partial charge in [-0.3, -0.25) is 9.69 Å². The van der Waals surface area contributed by atoms with Gasteiger partial charge in [0.25, 0.3) is 5.91 Å². The molecule has 1 atom stereocenters. The zero-order chi connectivity index (χ0) is 26.5. The molecule has 7 nitrogen and oxygen atoms in total. The molecule has 2 aromatic carbocycles. The second kappa shape index (κ2) is 11.4. The fraction of sp³-hybridized carbons (Fsp3) is 0.357. The van der Waals surface area contributed by atoms with Crippen molar-refractivity contribution in [1.29, 1.82) is 0 Å². The molecule has 1 amide bonds. The third-order valence-corrected chi connectivity index (χ3v) is 6.72. The standard InChI is InChI=1S/C28H29F3N4O3/c29-28(30,31)21-9-7-19(8-10-21)16-35(12-11-20-14-32-24-6-2-1-5-23(20)24)17-26-34-25(18-38-26)27(36)33-15-22-4-3-13-37-22/h1-2,5-10,14,18,22,32H,3-4,11-13,15-17H2,(H,33,36). The van der Waals surface area contributed by atoms with Crippen molar-refractivity contribution in [2.45, 2.75) is 44.6 Å². The molecule has 2 aromatic heterocycles. The monoisotopic (exact) mass is 526 g/mol. The number of oxazole rings is 1. The second-order valence-electron chi connectivity index (χ2n) is 9.49. The summed E-state index contributed by atoms with van der Waals surface area (Å²) in [6, 6.07) is 13.2. The fourth-order valence-electron chi connectivity index (χ4n) is 4.67. The van der Waals surface area contributed by atoms with Crippen LogP contribution in [0.25, 0.3) is 10.9 Å². The number of hydrogen-bond donors (Lipinski definition) is 2. The van der Waals surface area contributed by atoms with Crippen LogP contribution >= 0.6 is 0 Å². The molecule has 0 bridgehead atoms. The van der Waals surface area contributed by atoms with Crippen LogP contribution in [0.5, 0.6) is 0 Å². The number of benzene rings is 2. The van der Waals surface area contributed by atoms with Crippen molar-refractivity contribution < 1.29 is 27.1 Å². The summed E-state index contributed by atoms with van der Waals surface area (Å²) >= 11 is 0. The van der Waals surface area contributed by atoms with E-state index in [1.54, 1.807) is 0 Å². The largest absolute Gasteiger partial charge is 0.447 e. The molecule has 10 heteroatoms. The number of H-pyrrole nitrogens is 1. The summed E-state index contributed by atoms with van der Waals surface area (Å²) in [6.45, 7) is 2.42. The number of amides is 1. The molecule has 0 saturated carbocycles. The first-order chi connectivity index (χ1) is 18.3. The number of nitrogens with one attached hydrogen (secondary N) is 2. The lowest BCUT2D eigenvalue weighted by atomic mass is 10.1. The molecule has 5 rings (SSSR count). The van der Waals surface area contributed by atoms with Crippen LogP contribution in [0, 0.1) is 0 Å². The molecule has 0 aliphatic carbocycles. The van der Waals surface area contributed by atoms with E-state index in [1.807, 2.05) is 29.3 Å². The number of carbonyl (C=O) groups excluding carboxylic acids is 1. The molecule has 1 aliphatic rings. The highest BCUT2D eigenvalue weighted by Crippen LogP contribution is 2.29. The van der Waals surface area contributed by atoms with Crippen molar-refractivity contribution in [2.75, 3.05) is 19.7 Å². The van der Waals surface area contributed by atoms with Gasteiger partial charge in [-0.05, 0) is 48.6 Å². The normalized spacial score (nSPS) is 15.9. The quantitative estimate of drug-likeness (QED) is 0.292. The summed E-state index contributed by atoms with van der Waals surface area (Å²) in [5.41, 5.74) is 2.42. The Morgan fingerprint density at radius 1 is 1.13 bits per heavy atom. The van der Waals surface area contributed by atoms with Crippen LogP contribution in [-0.4, -0.2) is 46.6 Å². The SMILES string of the molecule is O=C(NCC1CCCO1)c1coc(CN(CCc2c[nH]c3ccccc23)Cc2ccc(C(F)(F)F)cc2)n1. The Morgan fingerprint density at radius 2 is 1.95 bits per heavy atom. The van der Waals surface area contributed by atoms with Gasteiger partial charge in [-0.1, -0.05) is 30.3 Å². The Labute approximate surface area is 218 Å². The lowest BCUT2D eigenvalue weighted by Crippen LogP contribution is -2.32. The number of nitrogens with zero attached hydrogens (tertiary/aromatic N) is 2. The van der Waals surface area contributed by atoms with E-state index in [2.05, 4.69) is 21.4 Å². The molecule has 1 unspecified atom stereocenters. The molecule has 38 heavy (non-hydrogen) atoms. The molecule has 3 heterocycles. The second-order valence-corrected chi connectivity index (χ2v) is 9.49. The summed E-state index contributed by atoms with van der Waals surface area (Å²) in [5, 5.41) is 3.96. The zero-order valence-corrected chi connectivity index (χ0v) is 20.8. The molecule has 0 radical (unpaired) electrons. The van der Waals surface area contributed by atoms with Crippen LogP contribution in [-0.2, 0) is 30.4 Å². The highest BCUT2D eigenvalue weighted by atomic mass is 19.4. The predicted molar refractivity (Wildman–Crippen MR) is 135 cm³/mol. The average Bonchev–Trinajstić information content (AvgIpc) is 3.67. The van der Waals surface area contributed by atoms with E-state index in [1.165, 1.54) is 18.4 Å². The minimum atomic E-state index is -4.38. The molecule has 4 aromatic rings. The maximum atomic E-state index is 13.0. The first-order valence-corrected chi connectivity index (χ1v) is 12.6. The van der Waals surface area contributed by atoms with Gasteiger partial charge in [0, 0.05) is 43.3 Å². The molecule has 1 saturated heterocycles. The van der Waals surface area contributed by atoms with Gasteiger partial charge < -0.3 is 19.5 Å². The lowest BCUT2D eigenvalue weighted by molar-refractivity contribution is -0.137. The molecule has 1 aliphatic heterocycles. The number of fused-ring (bicyclic) bond motifs is 1. The minimum absolute atomic E-state index is 0.0223. The van der Waals surface area contributed by atoms with Crippen LogP contribution < -0.4 is 5.32 Å². The Bertz CT molecular complexity index is 1360. The summed E-state index contributed by atoms with van der Waals surface area (Å²) in [5.74, 6) is 0.0293. The highest BCUT2D eigenvalue weighted by molar-refractivity contribution is 5.91. The summed E-state index contributed by atoms with van der Waals surface area (Å²) in [7, 11) is 0. The zero-order valence-electron chi connectivity index (χ0n) is 20.8. The van der Waals surface area contributed by atoms with Crippen LogP contribution in [0.2, 0.25) is 0 Å². The van der Waals surface area contributed by atoms with Crippen molar-refractivity contribution in [2.24, 2.45) is 0 Å². The fourth-order valence-corrected chi connectivity index (χ4v) is 4.67. The number of alkyl halides is 3. The van der Waals surface area contributed by atoms with Gasteiger partial charge >= 0.3 is 6.18 Å². The van der Waals surface area contributed by atoms with E-state index < -0.39 is 11.7 Å². The molecule has 1 fully saturated rings. The Balaban J connectivity index is 1.27. The van der Waals surface area contributed by atoms with Crippen LogP contribution in [0.1, 0.15) is 45.9 Å². The predicted octanol–water partition coefficient (Wildman–Crippen LogP) is 5.33. The molecular formula is C28H29F3N4O3. The Morgan fingerprint density at radius 3 is 2.71 bits per heavy atom. The van der Waals surface area contributed by atoms with E-state index in [9.17, 15) is 18.0 Å². The van der Waals surface area contributed by atoms with Crippen LogP contribution in [0.15, 0.2) is 65.4 Å². The van der Waals surface area contributed by atoms with E-state index in [-0.39, 0.29) is 17.7 Å². The summed E-state index contributed by atoms with van der Waals surface area (Å²) < 4.78 is 50.2. The number of halogens is 3. The van der Waals surface area contributed by atoms with Crippen molar-refractivity contribution in [3.8, 4) is 0 Å². The van der Waals surface area contributed by atoms with Gasteiger partial charge in [-0.2, -0.15) is 13.2 Å². The summed E-state index contributed by atoms with van der Waals surface area (Å²) in [4.78, 5) is 22.2. The first kappa shape index (κ1) is 26.0. The first-order valence-electron chi connectivity index (χ1n) is 12.6. The average molecular weight is 527 g/mol. The molecule has 0 spiro atoms. The summed E-state index contributed by atoms with van der Waals surface area (Å²) in [6.07, 6.45) is 1.56. The Kier molecular flexibility index (Phi) is 7.80. The van der Waals surface area contributed by atoms with Crippen molar-refractivity contribution in [3.63, 3.8) is 0 Å². The van der Waals surface area contributed by atoms with Gasteiger partial charge in [-0.15, -0.1) is 0 Å². The number of para-hydroxylation sites is 1. The maximum Gasteiger partial charge on any atom is 0.416 e. The van der Waals surface area contributed by atoms with Gasteiger partial charge in [0.1, 0.15) is 6.26 Å². The topological polar surface area (TPSA) is 83.4 Å². The van der Waals surface area contributed by atoms with Gasteiger partial charge in [0.05, 0.1) is 18.2 Å². The van der Waals surface area contributed by atoms with Gasteiger partial charge in [0.15, 0.2) is 5.69 Å². The maximum absolute atomic E-state index is 13.0. The third kappa shape index (κ3) is 6.43. The number of rotatable bonds is 10. The molecular weight excluding hydrogens is 497 g/mol. The lowest BCUT2D eigenvalue weighted by Gasteiger charge is -2.21. The van der Waals surface area contributed by atoms with E-state index in [0.29, 0.717) is 45.1 Å². The van der Waals surface area contributed by atoms with Crippen molar-refractivity contribution >= 4 is 16.8 Å². The van der Waals surface area contributed by atoms with Gasteiger partial charge in [-0.25, -0.2) is 4.98 Å². The van der Waals surface area contributed by atoms with Crippen LogP contribution in [0.3, 0.4) is 0 Å². The molecule has 2 N–H and O–H groups in total. The number of carbonyl (C=O) groups is 1. The number of aromatic amines is 1. The van der Waals surface area contributed by atoms with Crippen molar-refractivity contribution in [1.82, 2.24) is 20.2 Å². The van der Waals surface area contributed by atoms with E-state index in [0.717, 1.165) is 47.0 Å². The minimum Gasteiger partial charge on any atom is -0.447 e. The smallest absolute Gasteiger partial charge is 0.416 e. The number of ether oxygens (including phenoxy) is 1. The van der Waals surface area contributed by atoms with E-state index >= 15 is 0 Å². The third-order valence-electron chi connectivity index (χ3n) is 6.72. The Hall–Kier alpha value is -3.63. The highest BCUT2D eigenvalue weighted by Gasteiger charge is 2.30.